The minimum absolute atomic E-state index is 0.0331. The molecule has 0 bridgehead atoms. The van der Waals surface area contributed by atoms with Crippen LogP contribution in [0.3, 0.4) is 0 Å². The topological polar surface area (TPSA) is 80.7 Å². The molecule has 5 nitrogen and oxygen atoms in total. The van der Waals surface area contributed by atoms with Crippen LogP contribution < -0.4 is 4.74 Å². The van der Waals surface area contributed by atoms with Crippen LogP contribution in [0.5, 0.6) is 5.75 Å². The van der Waals surface area contributed by atoms with Gasteiger partial charge in [-0.15, -0.1) is 11.3 Å². The first-order chi connectivity index (χ1) is 13.4. The molecule has 1 atom stereocenters. The Morgan fingerprint density at radius 2 is 1.93 bits per heavy atom. The largest absolute Gasteiger partial charge is 0.494 e. The first kappa shape index (κ1) is 20.4. The number of carbonyl (C=O) groups is 1. The van der Waals surface area contributed by atoms with Crippen LogP contribution >= 0.6 is 11.3 Å². The fourth-order valence-corrected chi connectivity index (χ4v) is 7.07. The van der Waals surface area contributed by atoms with E-state index >= 15 is 0 Å². The molecule has 2 aromatic rings. The Kier molecular flexibility index (Phi) is 6.11. The van der Waals surface area contributed by atoms with E-state index in [9.17, 15) is 18.3 Å². The van der Waals surface area contributed by atoms with Gasteiger partial charge in [0.1, 0.15) is 10.5 Å². The molecule has 0 spiro atoms. The van der Waals surface area contributed by atoms with E-state index in [0.29, 0.717) is 30.7 Å². The van der Waals surface area contributed by atoms with E-state index in [1.807, 2.05) is 31.2 Å². The molecule has 0 aliphatic carbocycles. The summed E-state index contributed by atoms with van der Waals surface area (Å²) in [5, 5.41) is 9.35. The zero-order chi connectivity index (χ0) is 20.2. The van der Waals surface area contributed by atoms with E-state index in [-0.39, 0.29) is 5.75 Å². The average molecular weight is 419 g/mol. The zero-order valence-corrected chi connectivity index (χ0v) is 17.2. The van der Waals surface area contributed by atoms with Crippen molar-refractivity contribution in [2.45, 2.75) is 37.4 Å². The highest BCUT2D eigenvalue weighted by molar-refractivity contribution is 7.92. The normalized spacial score (nSPS) is 20.8. The summed E-state index contributed by atoms with van der Waals surface area (Å²) in [4.78, 5) is 12.7. The van der Waals surface area contributed by atoms with Crippen LogP contribution in [-0.4, -0.2) is 31.9 Å². The van der Waals surface area contributed by atoms with Gasteiger partial charge in [0.15, 0.2) is 9.84 Å². The highest BCUT2D eigenvalue weighted by atomic mass is 32.2. The maximum atomic E-state index is 12.8. The quantitative estimate of drug-likeness (QED) is 0.747. The van der Waals surface area contributed by atoms with E-state index in [2.05, 4.69) is 11.8 Å². The number of carboxylic acid groups (broad SMARTS) is 1. The Hall–Kier alpha value is -2.30. The van der Waals surface area contributed by atoms with Crippen LogP contribution in [0.2, 0.25) is 0 Å². The summed E-state index contributed by atoms with van der Waals surface area (Å²) in [7, 11) is -3.53. The predicted molar refractivity (Wildman–Crippen MR) is 109 cm³/mol. The molecular weight excluding hydrogens is 396 g/mol. The lowest BCUT2D eigenvalue weighted by molar-refractivity contribution is -0.137. The number of sulfone groups is 1. The number of benzene rings is 1. The van der Waals surface area contributed by atoms with Crippen LogP contribution in [0.4, 0.5) is 0 Å². The molecule has 1 N–H and O–H groups in total. The molecule has 0 amide bonds. The summed E-state index contributed by atoms with van der Waals surface area (Å²) in [6.07, 6.45) is 1.23. The summed E-state index contributed by atoms with van der Waals surface area (Å²) in [5.41, 5.74) is 0.823. The maximum absolute atomic E-state index is 12.8. The van der Waals surface area contributed by atoms with Gasteiger partial charge < -0.3 is 9.84 Å². The minimum atomic E-state index is -3.53. The van der Waals surface area contributed by atoms with Gasteiger partial charge in [-0.05, 0) is 56.2 Å². The fraction of sp³-hybridized carbons (Fsp3) is 0.381. The Morgan fingerprint density at radius 1 is 1.18 bits per heavy atom. The van der Waals surface area contributed by atoms with E-state index in [1.54, 1.807) is 12.1 Å². The second kappa shape index (κ2) is 8.38. The standard InChI is InChI=1S/C21H22O5S2/c1-2-26-17-8-5-16(6-9-17)7-10-18-11-12-19(27-18)21(15-20(22)23)13-3-4-14-28(21,24)25/h5-6,8-9,11-12H,2-4,13-15H2,1H3,(H,22,23)/t21-/m0/s1. The number of hydrogen-bond acceptors (Lipinski definition) is 5. The molecule has 7 heteroatoms. The Labute approximate surface area is 169 Å². The maximum Gasteiger partial charge on any atom is 0.305 e. The van der Waals surface area contributed by atoms with Crippen LogP contribution in [0, 0.1) is 11.8 Å². The van der Waals surface area contributed by atoms with Gasteiger partial charge >= 0.3 is 5.97 Å². The smallest absolute Gasteiger partial charge is 0.305 e. The van der Waals surface area contributed by atoms with Crippen molar-refractivity contribution >= 4 is 27.1 Å². The lowest BCUT2D eigenvalue weighted by Gasteiger charge is -2.34. The molecular formula is C21H22O5S2. The summed E-state index contributed by atoms with van der Waals surface area (Å²) < 4.78 is 29.7. The van der Waals surface area contributed by atoms with Crippen molar-refractivity contribution in [3.05, 3.63) is 51.7 Å². The van der Waals surface area contributed by atoms with E-state index < -0.39 is 27.0 Å². The highest BCUT2D eigenvalue weighted by Crippen LogP contribution is 2.45. The molecule has 28 heavy (non-hydrogen) atoms. The van der Waals surface area contributed by atoms with Crippen molar-refractivity contribution in [3.63, 3.8) is 0 Å². The Balaban J connectivity index is 1.89. The first-order valence-corrected chi connectivity index (χ1v) is 11.6. The summed E-state index contributed by atoms with van der Waals surface area (Å²) >= 11 is 1.27. The van der Waals surface area contributed by atoms with Crippen molar-refractivity contribution in [2.75, 3.05) is 12.4 Å². The van der Waals surface area contributed by atoms with Gasteiger partial charge in [0.05, 0.1) is 23.7 Å². The number of ether oxygens (including phenoxy) is 1. The van der Waals surface area contributed by atoms with Crippen LogP contribution in [0.1, 0.15) is 47.9 Å². The van der Waals surface area contributed by atoms with E-state index in [1.165, 1.54) is 11.3 Å². The molecule has 0 radical (unpaired) electrons. The molecule has 1 fully saturated rings. The molecule has 1 aliphatic heterocycles. The summed E-state index contributed by atoms with van der Waals surface area (Å²) in [6, 6.07) is 10.9. The minimum Gasteiger partial charge on any atom is -0.494 e. The Morgan fingerprint density at radius 3 is 2.57 bits per heavy atom. The third-order valence-electron chi connectivity index (χ3n) is 4.83. The lowest BCUT2D eigenvalue weighted by atomic mass is 9.95. The second-order valence-corrected chi connectivity index (χ2v) is 10.2. The van der Waals surface area contributed by atoms with Gasteiger partial charge in [0.2, 0.25) is 0 Å². The molecule has 148 valence electrons. The first-order valence-electron chi connectivity index (χ1n) is 9.15. The summed E-state index contributed by atoms with van der Waals surface area (Å²) in [6.45, 7) is 2.52. The van der Waals surface area contributed by atoms with Crippen molar-refractivity contribution in [3.8, 4) is 17.6 Å². The number of aliphatic carboxylic acids is 1. The van der Waals surface area contributed by atoms with Gasteiger partial charge in [0.25, 0.3) is 0 Å². The van der Waals surface area contributed by atoms with Gasteiger partial charge in [-0.2, -0.15) is 0 Å². The number of rotatable bonds is 5. The Bertz CT molecular complexity index is 1010. The molecule has 1 aliphatic rings. The van der Waals surface area contributed by atoms with Crippen molar-refractivity contribution < 1.29 is 23.1 Å². The molecule has 3 rings (SSSR count). The molecule has 0 saturated carbocycles. The number of hydrogen-bond donors (Lipinski definition) is 1. The van der Waals surface area contributed by atoms with Crippen LogP contribution in [0.25, 0.3) is 0 Å². The van der Waals surface area contributed by atoms with Crippen LogP contribution in [0.15, 0.2) is 36.4 Å². The lowest BCUT2D eigenvalue weighted by Crippen LogP contribution is -2.41. The van der Waals surface area contributed by atoms with Gasteiger partial charge in [-0.3, -0.25) is 4.79 Å². The van der Waals surface area contributed by atoms with E-state index in [0.717, 1.165) is 16.2 Å². The van der Waals surface area contributed by atoms with Gasteiger partial charge in [-0.1, -0.05) is 18.3 Å². The SMILES string of the molecule is CCOc1ccc(C#Cc2ccc([C@@]3(CC(=O)O)CCCCS3(=O)=O)s2)cc1. The van der Waals surface area contributed by atoms with E-state index in [4.69, 9.17) is 4.74 Å². The van der Waals surface area contributed by atoms with Crippen molar-refractivity contribution in [2.24, 2.45) is 0 Å². The van der Waals surface area contributed by atoms with Gasteiger partial charge in [-0.25, -0.2) is 8.42 Å². The number of thiophene rings is 1. The number of carboxylic acids is 1. The second-order valence-electron chi connectivity index (χ2n) is 6.71. The third kappa shape index (κ3) is 4.23. The predicted octanol–water partition coefficient (Wildman–Crippen LogP) is 3.82. The molecule has 2 heterocycles. The monoisotopic (exact) mass is 418 g/mol. The molecule has 1 saturated heterocycles. The highest BCUT2D eigenvalue weighted by Gasteiger charge is 2.49. The summed E-state index contributed by atoms with van der Waals surface area (Å²) in [5.74, 6) is 5.83. The average Bonchev–Trinajstić information content (AvgIpc) is 3.12. The molecule has 1 aromatic carbocycles. The zero-order valence-electron chi connectivity index (χ0n) is 15.6. The fourth-order valence-electron chi connectivity index (χ4n) is 3.44. The van der Waals surface area contributed by atoms with Crippen LogP contribution in [-0.2, 0) is 19.4 Å². The van der Waals surface area contributed by atoms with Gasteiger partial charge in [0, 0.05) is 10.4 Å². The molecule has 0 unspecified atom stereocenters. The molecule has 1 aromatic heterocycles. The third-order valence-corrected chi connectivity index (χ3v) is 8.75. The van der Waals surface area contributed by atoms with Crippen molar-refractivity contribution in [1.29, 1.82) is 0 Å². The van der Waals surface area contributed by atoms with Crippen molar-refractivity contribution in [1.82, 2.24) is 0 Å².